The highest BCUT2D eigenvalue weighted by Crippen LogP contribution is 2.35. The standard InChI is InChI=1S/C18H14ClN3O4S/c1-27(25,26)21-18(24)17-16(12-4-2-3-5-15(12)23)13-10-11(19)6-7-14(13)22(17)9-8-20/h2-4,6-7,10H,5,9H2,1H3,(H,21,24). The largest absolute Gasteiger partial charge is 0.322 e. The summed E-state index contributed by atoms with van der Waals surface area (Å²) in [7, 11) is -3.85. The zero-order valence-electron chi connectivity index (χ0n) is 14.2. The Labute approximate surface area is 160 Å². The molecule has 0 radical (unpaired) electrons. The second-order valence-corrected chi connectivity index (χ2v) is 8.15. The molecule has 27 heavy (non-hydrogen) atoms. The fraction of sp³-hybridized carbons (Fsp3) is 0.167. The number of hydrogen-bond donors (Lipinski definition) is 1. The van der Waals surface area contributed by atoms with Crippen LogP contribution in [-0.4, -0.2) is 30.9 Å². The van der Waals surface area contributed by atoms with Crippen molar-refractivity contribution >= 4 is 49.8 Å². The molecule has 7 nitrogen and oxygen atoms in total. The van der Waals surface area contributed by atoms with E-state index in [2.05, 4.69) is 0 Å². The Bertz CT molecular complexity index is 1180. The Morgan fingerprint density at radius 2 is 2.15 bits per heavy atom. The first-order valence-electron chi connectivity index (χ1n) is 7.84. The first-order valence-corrected chi connectivity index (χ1v) is 10.1. The monoisotopic (exact) mass is 403 g/mol. The number of benzene rings is 1. The van der Waals surface area contributed by atoms with Crippen LogP contribution in [0.1, 0.15) is 22.5 Å². The summed E-state index contributed by atoms with van der Waals surface area (Å²) in [6.07, 6.45) is 5.95. The van der Waals surface area contributed by atoms with Crippen LogP contribution in [0.25, 0.3) is 16.5 Å². The lowest BCUT2D eigenvalue weighted by atomic mass is 9.93. The minimum Gasteiger partial charge on any atom is -0.322 e. The molecule has 3 rings (SSSR count). The summed E-state index contributed by atoms with van der Waals surface area (Å²) >= 11 is 6.10. The molecule has 0 aliphatic heterocycles. The van der Waals surface area contributed by atoms with Crippen molar-refractivity contribution in [3.05, 3.63) is 52.7 Å². The summed E-state index contributed by atoms with van der Waals surface area (Å²) < 4.78 is 26.5. The number of fused-ring (bicyclic) bond motifs is 1. The third kappa shape index (κ3) is 3.65. The van der Waals surface area contributed by atoms with Gasteiger partial charge in [0.15, 0.2) is 5.78 Å². The van der Waals surface area contributed by atoms with E-state index in [9.17, 15) is 23.3 Å². The molecule has 1 N–H and O–H groups in total. The fourth-order valence-electron chi connectivity index (χ4n) is 3.05. The van der Waals surface area contributed by atoms with E-state index in [4.69, 9.17) is 11.6 Å². The SMILES string of the molecule is CS(=O)(=O)NC(=O)c1c(C2=CC=CCC2=O)c2cc(Cl)ccc2n1CC#N. The number of Topliss-reactive ketones (excluding diaryl/α,β-unsaturated/α-hetero) is 1. The van der Waals surface area contributed by atoms with E-state index >= 15 is 0 Å². The van der Waals surface area contributed by atoms with Crippen LogP contribution in [0.5, 0.6) is 0 Å². The van der Waals surface area contributed by atoms with Crippen molar-refractivity contribution in [3.63, 3.8) is 0 Å². The summed E-state index contributed by atoms with van der Waals surface area (Å²) in [4.78, 5) is 25.2. The number of amides is 1. The Morgan fingerprint density at radius 3 is 2.78 bits per heavy atom. The average molecular weight is 404 g/mol. The number of halogens is 1. The minimum absolute atomic E-state index is 0.0749. The highest BCUT2D eigenvalue weighted by molar-refractivity contribution is 7.89. The van der Waals surface area contributed by atoms with Crippen molar-refractivity contribution in [2.45, 2.75) is 13.0 Å². The van der Waals surface area contributed by atoms with Crippen LogP contribution in [0.15, 0.2) is 36.4 Å². The molecular formula is C18H14ClN3O4S. The molecule has 1 aliphatic rings. The highest BCUT2D eigenvalue weighted by atomic mass is 35.5. The van der Waals surface area contributed by atoms with Crippen LogP contribution in [0.3, 0.4) is 0 Å². The van der Waals surface area contributed by atoms with Gasteiger partial charge in [-0.1, -0.05) is 29.8 Å². The van der Waals surface area contributed by atoms with E-state index in [0.717, 1.165) is 6.26 Å². The molecule has 1 aromatic heterocycles. The van der Waals surface area contributed by atoms with Gasteiger partial charge >= 0.3 is 0 Å². The molecule has 0 fully saturated rings. The number of ketones is 1. The summed E-state index contributed by atoms with van der Waals surface area (Å²) in [5, 5.41) is 10.1. The lowest BCUT2D eigenvalue weighted by molar-refractivity contribution is -0.113. The zero-order valence-corrected chi connectivity index (χ0v) is 15.8. The third-order valence-electron chi connectivity index (χ3n) is 4.02. The van der Waals surface area contributed by atoms with Crippen LogP contribution < -0.4 is 4.72 Å². The van der Waals surface area contributed by atoms with Crippen molar-refractivity contribution in [2.75, 3.05) is 6.26 Å². The normalized spacial score (nSPS) is 14.1. The molecule has 0 unspecified atom stereocenters. The first-order chi connectivity index (χ1) is 12.7. The van der Waals surface area contributed by atoms with E-state index in [1.807, 2.05) is 10.8 Å². The number of allylic oxidation sites excluding steroid dienone is 4. The van der Waals surface area contributed by atoms with Gasteiger partial charge in [-0.3, -0.25) is 9.59 Å². The molecule has 0 spiro atoms. The van der Waals surface area contributed by atoms with E-state index < -0.39 is 15.9 Å². The Kier molecular flexibility index (Phi) is 4.91. The Hall–Kier alpha value is -2.89. The van der Waals surface area contributed by atoms with Crippen LogP contribution in [0.2, 0.25) is 5.02 Å². The highest BCUT2D eigenvalue weighted by Gasteiger charge is 2.29. The summed E-state index contributed by atoms with van der Waals surface area (Å²) in [6.45, 7) is -0.206. The molecule has 0 bridgehead atoms. The molecule has 1 aliphatic carbocycles. The van der Waals surface area contributed by atoms with Gasteiger partial charge in [0.1, 0.15) is 12.2 Å². The van der Waals surface area contributed by atoms with E-state index in [-0.39, 0.29) is 35.6 Å². The van der Waals surface area contributed by atoms with Gasteiger partial charge in [0.05, 0.1) is 17.8 Å². The second-order valence-electron chi connectivity index (χ2n) is 5.97. The fourth-order valence-corrected chi connectivity index (χ4v) is 3.66. The zero-order chi connectivity index (χ0) is 19.8. The van der Waals surface area contributed by atoms with Gasteiger partial charge in [-0.2, -0.15) is 5.26 Å². The molecule has 1 aromatic carbocycles. The number of nitrogens with one attached hydrogen (secondary N) is 1. The van der Waals surface area contributed by atoms with E-state index in [1.54, 1.807) is 36.4 Å². The lowest BCUT2D eigenvalue weighted by Gasteiger charge is -2.12. The lowest BCUT2D eigenvalue weighted by Crippen LogP contribution is -2.32. The molecule has 2 aromatic rings. The van der Waals surface area contributed by atoms with Gasteiger partial charge in [0, 0.05) is 28.0 Å². The van der Waals surface area contributed by atoms with Crippen LogP contribution >= 0.6 is 11.6 Å². The van der Waals surface area contributed by atoms with E-state index in [0.29, 0.717) is 15.9 Å². The molecular weight excluding hydrogens is 390 g/mol. The smallest absolute Gasteiger partial charge is 0.282 e. The number of hydrogen-bond acceptors (Lipinski definition) is 5. The average Bonchev–Trinajstić information content (AvgIpc) is 2.88. The molecule has 1 heterocycles. The van der Waals surface area contributed by atoms with Gasteiger partial charge in [-0.25, -0.2) is 13.1 Å². The Morgan fingerprint density at radius 1 is 1.41 bits per heavy atom. The predicted molar refractivity (Wildman–Crippen MR) is 102 cm³/mol. The van der Waals surface area contributed by atoms with Gasteiger partial charge in [0.25, 0.3) is 5.91 Å². The molecule has 1 amide bonds. The maximum absolute atomic E-state index is 12.8. The van der Waals surface area contributed by atoms with Gasteiger partial charge in [-0.15, -0.1) is 0 Å². The predicted octanol–water partition coefficient (Wildman–Crippen LogP) is 2.42. The van der Waals surface area contributed by atoms with Crippen molar-refractivity contribution in [3.8, 4) is 6.07 Å². The number of nitriles is 1. The van der Waals surface area contributed by atoms with Crippen molar-refractivity contribution in [1.29, 1.82) is 5.26 Å². The van der Waals surface area contributed by atoms with Gasteiger partial charge < -0.3 is 4.57 Å². The molecule has 9 heteroatoms. The maximum atomic E-state index is 12.8. The molecule has 0 saturated carbocycles. The summed E-state index contributed by atoms with van der Waals surface area (Å²) in [5.41, 5.74) is 0.949. The van der Waals surface area contributed by atoms with Crippen LogP contribution in [0, 0.1) is 11.3 Å². The third-order valence-corrected chi connectivity index (χ3v) is 4.81. The molecule has 0 atom stereocenters. The number of nitrogens with zero attached hydrogens (tertiary/aromatic N) is 2. The molecule has 138 valence electrons. The Balaban J connectivity index is 2.41. The number of aromatic nitrogens is 1. The van der Waals surface area contributed by atoms with Crippen molar-refractivity contribution in [1.82, 2.24) is 9.29 Å². The van der Waals surface area contributed by atoms with Crippen molar-refractivity contribution in [2.24, 2.45) is 0 Å². The number of rotatable bonds is 4. The maximum Gasteiger partial charge on any atom is 0.282 e. The van der Waals surface area contributed by atoms with Crippen molar-refractivity contribution < 1.29 is 18.0 Å². The number of carbonyl (C=O) groups excluding carboxylic acids is 2. The van der Waals surface area contributed by atoms with Crippen LogP contribution in [-0.2, 0) is 21.4 Å². The van der Waals surface area contributed by atoms with Crippen LogP contribution in [0.4, 0.5) is 0 Å². The topological polar surface area (TPSA) is 109 Å². The molecule has 0 saturated heterocycles. The van der Waals surface area contributed by atoms with E-state index in [1.165, 1.54) is 4.57 Å². The second kappa shape index (κ2) is 7.02. The van der Waals surface area contributed by atoms with Gasteiger partial charge in [0.2, 0.25) is 10.0 Å². The summed E-state index contributed by atoms with van der Waals surface area (Å²) in [6, 6.07) is 6.76. The first kappa shape index (κ1) is 18.9. The number of sulfonamides is 1. The number of carbonyl (C=O) groups is 2. The quantitative estimate of drug-likeness (QED) is 0.843. The minimum atomic E-state index is -3.85. The van der Waals surface area contributed by atoms with Gasteiger partial charge in [-0.05, 0) is 18.2 Å². The summed E-state index contributed by atoms with van der Waals surface area (Å²) in [5.74, 6) is -1.14.